The number of nitro benzene ring substituents is 1. The van der Waals surface area contributed by atoms with Crippen LogP contribution in [0.25, 0.3) is 0 Å². The largest absolute Gasteiger partial charge is 0.491 e. The minimum absolute atomic E-state index is 0.00264. The average Bonchev–Trinajstić information content (AvgIpc) is 2.60. The van der Waals surface area contributed by atoms with E-state index < -0.39 is 16.8 Å². The van der Waals surface area contributed by atoms with Crippen molar-refractivity contribution in [2.24, 2.45) is 0 Å². The molecule has 0 aliphatic carbocycles. The number of amides is 1. The molecule has 0 bridgehead atoms. The number of nitrogens with one attached hydrogen (secondary N) is 1. The molecule has 0 aliphatic heterocycles. The molecule has 25 heavy (non-hydrogen) atoms. The Bertz CT molecular complexity index is 801. The Labute approximate surface area is 143 Å². The van der Waals surface area contributed by atoms with Crippen LogP contribution in [0.1, 0.15) is 34.1 Å². The molecule has 0 heterocycles. The highest BCUT2D eigenvalue weighted by Crippen LogP contribution is 2.27. The first-order valence-electron chi connectivity index (χ1n) is 7.48. The molecule has 0 fully saturated rings. The van der Waals surface area contributed by atoms with Crippen LogP contribution < -0.4 is 10.1 Å². The van der Waals surface area contributed by atoms with Gasteiger partial charge in [-0.05, 0) is 36.8 Å². The number of non-ortho nitro benzene ring substituents is 1. The number of carbonyl (C=O) groups is 2. The molecule has 0 saturated carbocycles. The number of carbonyl (C=O) groups excluding carboxylic acids is 1. The van der Waals surface area contributed by atoms with Gasteiger partial charge < -0.3 is 15.2 Å². The third-order valence-electron chi connectivity index (χ3n) is 3.28. The van der Waals surface area contributed by atoms with Gasteiger partial charge in [0.15, 0.2) is 0 Å². The molecule has 2 rings (SSSR count). The normalized spacial score (nSPS) is 10.1. The van der Waals surface area contributed by atoms with Gasteiger partial charge >= 0.3 is 5.97 Å². The molecule has 0 atom stereocenters. The first kappa shape index (κ1) is 17.9. The minimum atomic E-state index is -1.13. The summed E-state index contributed by atoms with van der Waals surface area (Å²) >= 11 is 0. The second-order valence-corrected chi connectivity index (χ2v) is 5.12. The summed E-state index contributed by atoms with van der Waals surface area (Å²) < 4.78 is 5.51. The van der Waals surface area contributed by atoms with Crippen LogP contribution >= 0.6 is 0 Å². The fraction of sp³-hybridized carbons (Fsp3) is 0.176. The summed E-state index contributed by atoms with van der Waals surface area (Å²) in [6.07, 6.45) is 0.746. The van der Waals surface area contributed by atoms with E-state index in [1.54, 1.807) is 0 Å². The third kappa shape index (κ3) is 4.54. The van der Waals surface area contributed by atoms with Crippen LogP contribution in [0.5, 0.6) is 5.75 Å². The van der Waals surface area contributed by atoms with Gasteiger partial charge in [-0.3, -0.25) is 14.9 Å². The lowest BCUT2D eigenvalue weighted by Crippen LogP contribution is -2.14. The first-order chi connectivity index (χ1) is 11.9. The molecular weight excluding hydrogens is 328 g/mol. The Morgan fingerprint density at radius 2 is 1.80 bits per heavy atom. The predicted molar refractivity (Wildman–Crippen MR) is 90.2 cm³/mol. The summed E-state index contributed by atoms with van der Waals surface area (Å²) in [5.41, 5.74) is 0.295. The van der Waals surface area contributed by atoms with Gasteiger partial charge in [-0.15, -0.1) is 0 Å². The van der Waals surface area contributed by atoms with E-state index in [4.69, 9.17) is 9.84 Å². The predicted octanol–water partition coefficient (Wildman–Crippen LogP) is 3.33. The second kappa shape index (κ2) is 7.91. The average molecular weight is 344 g/mol. The Hall–Kier alpha value is -3.42. The molecule has 130 valence electrons. The van der Waals surface area contributed by atoms with E-state index in [0.717, 1.165) is 6.42 Å². The number of aromatic carboxylic acids is 1. The summed E-state index contributed by atoms with van der Waals surface area (Å²) in [5.74, 6) is -1.31. The van der Waals surface area contributed by atoms with Crippen LogP contribution in [-0.2, 0) is 0 Å². The lowest BCUT2D eigenvalue weighted by atomic mass is 10.1. The van der Waals surface area contributed by atoms with Crippen LogP contribution in [0, 0.1) is 10.1 Å². The first-order valence-corrected chi connectivity index (χ1v) is 7.48. The minimum Gasteiger partial charge on any atom is -0.491 e. The summed E-state index contributed by atoms with van der Waals surface area (Å²) in [7, 11) is 0. The number of ether oxygens (including phenoxy) is 1. The second-order valence-electron chi connectivity index (χ2n) is 5.12. The van der Waals surface area contributed by atoms with Gasteiger partial charge in [0.25, 0.3) is 11.6 Å². The zero-order valence-electron chi connectivity index (χ0n) is 13.4. The van der Waals surface area contributed by atoms with Crippen molar-refractivity contribution in [3.8, 4) is 5.75 Å². The Morgan fingerprint density at radius 1 is 1.16 bits per heavy atom. The Balaban J connectivity index is 2.26. The lowest BCUT2D eigenvalue weighted by molar-refractivity contribution is -0.384. The van der Waals surface area contributed by atoms with Crippen LogP contribution in [0.2, 0.25) is 0 Å². The van der Waals surface area contributed by atoms with E-state index in [2.05, 4.69) is 5.32 Å². The molecule has 2 aromatic rings. The highest BCUT2D eigenvalue weighted by molar-refractivity contribution is 6.05. The van der Waals surface area contributed by atoms with Crippen molar-refractivity contribution >= 4 is 23.3 Å². The standard InChI is InChI=1S/C17H16N2O6/c1-2-9-25-15-8-5-12(17(21)22)10-14(15)18-16(20)11-3-6-13(7-4-11)19(23)24/h3-8,10H,2,9H2,1H3,(H,18,20)(H,21,22). The highest BCUT2D eigenvalue weighted by atomic mass is 16.6. The number of hydrogen-bond donors (Lipinski definition) is 2. The van der Waals surface area contributed by atoms with E-state index >= 15 is 0 Å². The van der Waals surface area contributed by atoms with Gasteiger partial charge in [0.05, 0.1) is 22.8 Å². The summed E-state index contributed by atoms with van der Waals surface area (Å²) in [5, 5.41) is 22.3. The van der Waals surface area contributed by atoms with Crippen LogP contribution in [0.4, 0.5) is 11.4 Å². The Kier molecular flexibility index (Phi) is 5.67. The SMILES string of the molecule is CCCOc1ccc(C(=O)O)cc1NC(=O)c1ccc([N+](=O)[O-])cc1. The summed E-state index contributed by atoms with van der Waals surface area (Å²) in [4.78, 5) is 33.5. The summed E-state index contributed by atoms with van der Waals surface area (Å²) in [6, 6.07) is 9.24. The van der Waals surface area contributed by atoms with Gasteiger partial charge in [0, 0.05) is 17.7 Å². The topological polar surface area (TPSA) is 119 Å². The number of anilines is 1. The third-order valence-corrected chi connectivity index (χ3v) is 3.28. The molecule has 1 amide bonds. The number of hydrogen-bond acceptors (Lipinski definition) is 5. The van der Waals surface area contributed by atoms with E-state index in [1.165, 1.54) is 42.5 Å². The zero-order chi connectivity index (χ0) is 18.4. The quantitative estimate of drug-likeness (QED) is 0.587. The van der Waals surface area contributed by atoms with Gasteiger partial charge in [-0.2, -0.15) is 0 Å². The van der Waals surface area contributed by atoms with Crippen LogP contribution in [0.3, 0.4) is 0 Å². The fourth-order valence-corrected chi connectivity index (χ4v) is 2.03. The van der Waals surface area contributed by atoms with E-state index in [9.17, 15) is 19.7 Å². The zero-order valence-corrected chi connectivity index (χ0v) is 13.4. The van der Waals surface area contributed by atoms with Crippen molar-refractivity contribution in [2.75, 3.05) is 11.9 Å². The fourth-order valence-electron chi connectivity index (χ4n) is 2.03. The van der Waals surface area contributed by atoms with Crippen molar-refractivity contribution in [3.63, 3.8) is 0 Å². The van der Waals surface area contributed by atoms with Gasteiger partial charge in [-0.25, -0.2) is 4.79 Å². The molecule has 2 aromatic carbocycles. The Morgan fingerprint density at radius 3 is 2.36 bits per heavy atom. The lowest BCUT2D eigenvalue weighted by Gasteiger charge is -2.13. The van der Waals surface area contributed by atoms with E-state index in [1.807, 2.05) is 6.92 Å². The van der Waals surface area contributed by atoms with Crippen molar-refractivity contribution < 1.29 is 24.4 Å². The number of benzene rings is 2. The molecule has 0 unspecified atom stereocenters. The highest BCUT2D eigenvalue weighted by Gasteiger charge is 2.14. The molecule has 0 saturated heterocycles. The molecule has 0 aliphatic rings. The molecule has 0 spiro atoms. The number of nitro groups is 1. The van der Waals surface area contributed by atoms with Gasteiger partial charge in [0.1, 0.15) is 5.75 Å². The maximum atomic E-state index is 12.3. The van der Waals surface area contributed by atoms with Crippen molar-refractivity contribution in [2.45, 2.75) is 13.3 Å². The van der Waals surface area contributed by atoms with Crippen molar-refractivity contribution in [3.05, 3.63) is 63.7 Å². The summed E-state index contributed by atoms with van der Waals surface area (Å²) in [6.45, 7) is 2.33. The monoisotopic (exact) mass is 344 g/mol. The van der Waals surface area contributed by atoms with Gasteiger partial charge in [-0.1, -0.05) is 6.92 Å². The molecule has 8 heteroatoms. The number of rotatable bonds is 7. The molecule has 8 nitrogen and oxygen atoms in total. The van der Waals surface area contributed by atoms with Crippen LogP contribution in [0.15, 0.2) is 42.5 Å². The smallest absolute Gasteiger partial charge is 0.335 e. The van der Waals surface area contributed by atoms with Crippen molar-refractivity contribution in [1.82, 2.24) is 0 Å². The van der Waals surface area contributed by atoms with E-state index in [0.29, 0.717) is 12.4 Å². The molecule has 0 radical (unpaired) electrons. The molecule has 0 aromatic heterocycles. The maximum absolute atomic E-state index is 12.3. The number of carboxylic acids is 1. The number of nitrogens with zero attached hydrogens (tertiary/aromatic N) is 1. The van der Waals surface area contributed by atoms with Crippen LogP contribution in [-0.4, -0.2) is 28.5 Å². The molecular formula is C17H16N2O6. The van der Waals surface area contributed by atoms with E-state index in [-0.39, 0.29) is 22.5 Å². The van der Waals surface area contributed by atoms with Crippen molar-refractivity contribution in [1.29, 1.82) is 0 Å². The van der Waals surface area contributed by atoms with Gasteiger partial charge in [0.2, 0.25) is 0 Å². The molecule has 2 N–H and O–H groups in total. The number of carboxylic acid groups (broad SMARTS) is 1. The maximum Gasteiger partial charge on any atom is 0.335 e.